The van der Waals surface area contributed by atoms with Crippen LogP contribution in [0.4, 0.5) is 0 Å². The maximum Gasteiger partial charge on any atom is 0.333 e. The van der Waals surface area contributed by atoms with Gasteiger partial charge in [-0.1, -0.05) is 23.7 Å². The number of aliphatic carboxylic acids is 1. The van der Waals surface area contributed by atoms with Gasteiger partial charge in [0.15, 0.2) is 6.04 Å². The van der Waals surface area contributed by atoms with Gasteiger partial charge >= 0.3 is 5.97 Å². The standard InChI is InChI=1S/C15H12ClNO4/c16-11-4-1-9(2-5-11)14(15(20)21)17-8-10-3-6-12(18)7-13(10)19/h1-8,14,18-19H,(H,20,21). The van der Waals surface area contributed by atoms with Gasteiger partial charge in [0.05, 0.1) is 0 Å². The Morgan fingerprint density at radius 3 is 2.38 bits per heavy atom. The van der Waals surface area contributed by atoms with Crippen LogP contribution in [0.3, 0.4) is 0 Å². The summed E-state index contributed by atoms with van der Waals surface area (Å²) in [5.74, 6) is -1.39. The van der Waals surface area contributed by atoms with E-state index in [1.54, 1.807) is 24.3 Å². The predicted molar refractivity (Wildman–Crippen MR) is 79.2 cm³/mol. The van der Waals surface area contributed by atoms with Crippen molar-refractivity contribution in [2.24, 2.45) is 4.99 Å². The zero-order valence-electron chi connectivity index (χ0n) is 10.8. The zero-order chi connectivity index (χ0) is 15.4. The third-order valence-electron chi connectivity index (χ3n) is 2.80. The second kappa shape index (κ2) is 6.28. The molecule has 1 atom stereocenters. The van der Waals surface area contributed by atoms with Crippen LogP contribution in [0.25, 0.3) is 0 Å². The maximum atomic E-state index is 11.3. The molecule has 0 amide bonds. The van der Waals surface area contributed by atoms with Gasteiger partial charge in [0, 0.05) is 22.9 Å². The number of hydrogen-bond donors (Lipinski definition) is 3. The first-order valence-corrected chi connectivity index (χ1v) is 6.38. The van der Waals surface area contributed by atoms with Crippen LogP contribution in [0.15, 0.2) is 47.5 Å². The normalized spacial score (nSPS) is 12.4. The molecule has 0 spiro atoms. The number of phenols is 2. The molecule has 3 N–H and O–H groups in total. The van der Waals surface area contributed by atoms with Crippen LogP contribution in [0, 0.1) is 0 Å². The van der Waals surface area contributed by atoms with Crippen LogP contribution < -0.4 is 0 Å². The average molecular weight is 306 g/mol. The minimum atomic E-state index is -1.12. The smallest absolute Gasteiger partial charge is 0.333 e. The van der Waals surface area contributed by atoms with E-state index in [0.29, 0.717) is 16.1 Å². The van der Waals surface area contributed by atoms with Crippen molar-refractivity contribution in [2.45, 2.75) is 6.04 Å². The lowest BCUT2D eigenvalue weighted by molar-refractivity contribution is -0.138. The number of rotatable bonds is 4. The third kappa shape index (κ3) is 3.73. The fourth-order valence-electron chi connectivity index (χ4n) is 1.73. The molecule has 2 aromatic carbocycles. The third-order valence-corrected chi connectivity index (χ3v) is 3.05. The summed E-state index contributed by atoms with van der Waals surface area (Å²) >= 11 is 5.76. The number of carboxylic acid groups (broad SMARTS) is 1. The van der Waals surface area contributed by atoms with Crippen molar-refractivity contribution < 1.29 is 20.1 Å². The number of phenolic OH excluding ortho intramolecular Hbond substituents is 2. The maximum absolute atomic E-state index is 11.3. The van der Waals surface area contributed by atoms with Crippen LogP contribution in [-0.2, 0) is 4.79 Å². The highest BCUT2D eigenvalue weighted by Crippen LogP contribution is 2.23. The van der Waals surface area contributed by atoms with Gasteiger partial charge in [-0.3, -0.25) is 4.99 Å². The molecule has 1 unspecified atom stereocenters. The second-order valence-electron chi connectivity index (χ2n) is 4.31. The van der Waals surface area contributed by atoms with E-state index in [9.17, 15) is 20.1 Å². The number of hydrogen-bond acceptors (Lipinski definition) is 4. The van der Waals surface area contributed by atoms with Crippen molar-refractivity contribution in [1.82, 2.24) is 0 Å². The largest absolute Gasteiger partial charge is 0.508 e. The van der Waals surface area contributed by atoms with Gasteiger partial charge < -0.3 is 15.3 Å². The fourth-order valence-corrected chi connectivity index (χ4v) is 1.86. The van der Waals surface area contributed by atoms with E-state index in [4.69, 9.17) is 11.6 Å². The summed E-state index contributed by atoms with van der Waals surface area (Å²) in [5.41, 5.74) is 0.787. The monoisotopic (exact) mass is 305 g/mol. The highest BCUT2D eigenvalue weighted by atomic mass is 35.5. The Morgan fingerprint density at radius 1 is 1.14 bits per heavy atom. The molecule has 0 aromatic heterocycles. The highest BCUT2D eigenvalue weighted by molar-refractivity contribution is 6.30. The van der Waals surface area contributed by atoms with Crippen molar-refractivity contribution in [3.63, 3.8) is 0 Å². The summed E-state index contributed by atoms with van der Waals surface area (Å²) in [6.07, 6.45) is 1.25. The Hall–Kier alpha value is -2.53. The summed E-state index contributed by atoms with van der Waals surface area (Å²) < 4.78 is 0. The molecule has 0 saturated carbocycles. The van der Waals surface area contributed by atoms with Crippen molar-refractivity contribution in [1.29, 1.82) is 0 Å². The molecule has 0 aliphatic rings. The van der Waals surface area contributed by atoms with Crippen LogP contribution in [0.5, 0.6) is 11.5 Å². The molecule has 0 radical (unpaired) electrons. The summed E-state index contributed by atoms with van der Waals surface area (Å²) in [6, 6.07) is 9.19. The quantitative estimate of drug-likeness (QED) is 0.757. The molecule has 2 rings (SSSR count). The number of carbonyl (C=O) groups is 1. The Kier molecular flexibility index (Phi) is 4.45. The van der Waals surface area contributed by atoms with Gasteiger partial charge in [-0.25, -0.2) is 4.79 Å². The van der Waals surface area contributed by atoms with E-state index in [2.05, 4.69) is 4.99 Å². The average Bonchev–Trinajstić information content (AvgIpc) is 2.42. The van der Waals surface area contributed by atoms with Gasteiger partial charge in [0.1, 0.15) is 11.5 Å². The predicted octanol–water partition coefficient (Wildman–Crippen LogP) is 3.00. The highest BCUT2D eigenvalue weighted by Gasteiger charge is 2.17. The number of aliphatic imine (C=N–C) groups is 1. The molecule has 0 aliphatic heterocycles. The Balaban J connectivity index is 2.29. The van der Waals surface area contributed by atoms with Gasteiger partial charge in [0.2, 0.25) is 0 Å². The molecule has 21 heavy (non-hydrogen) atoms. The lowest BCUT2D eigenvalue weighted by Crippen LogP contribution is -2.09. The topological polar surface area (TPSA) is 90.1 Å². The molecule has 6 heteroatoms. The van der Waals surface area contributed by atoms with Crippen molar-refractivity contribution in [3.05, 3.63) is 58.6 Å². The first kappa shape index (κ1) is 14.9. The van der Waals surface area contributed by atoms with Crippen LogP contribution >= 0.6 is 11.6 Å². The number of carboxylic acids is 1. The molecular formula is C15H12ClNO4. The fraction of sp³-hybridized carbons (Fsp3) is 0.0667. The minimum Gasteiger partial charge on any atom is -0.508 e. The number of benzene rings is 2. The number of nitrogens with zero attached hydrogens (tertiary/aromatic N) is 1. The van der Waals surface area contributed by atoms with Crippen molar-refractivity contribution in [3.8, 4) is 11.5 Å². The van der Waals surface area contributed by atoms with E-state index in [1.807, 2.05) is 0 Å². The Morgan fingerprint density at radius 2 is 1.81 bits per heavy atom. The van der Waals surface area contributed by atoms with E-state index < -0.39 is 12.0 Å². The van der Waals surface area contributed by atoms with E-state index in [1.165, 1.54) is 18.3 Å². The van der Waals surface area contributed by atoms with Crippen LogP contribution in [0.1, 0.15) is 17.2 Å². The van der Waals surface area contributed by atoms with E-state index in [-0.39, 0.29) is 11.5 Å². The number of aromatic hydroxyl groups is 2. The zero-order valence-corrected chi connectivity index (χ0v) is 11.5. The van der Waals surface area contributed by atoms with Gasteiger partial charge in [-0.2, -0.15) is 0 Å². The van der Waals surface area contributed by atoms with E-state index >= 15 is 0 Å². The lowest BCUT2D eigenvalue weighted by atomic mass is 10.1. The van der Waals surface area contributed by atoms with E-state index in [0.717, 1.165) is 6.07 Å². The number of halogens is 1. The summed E-state index contributed by atoms with van der Waals surface area (Å²) in [7, 11) is 0. The second-order valence-corrected chi connectivity index (χ2v) is 4.75. The molecule has 0 saturated heterocycles. The molecule has 0 bridgehead atoms. The van der Waals surface area contributed by atoms with Gasteiger partial charge in [-0.15, -0.1) is 0 Å². The SMILES string of the molecule is O=C(O)C(N=Cc1ccc(O)cc1O)c1ccc(Cl)cc1. The molecule has 2 aromatic rings. The molecule has 5 nitrogen and oxygen atoms in total. The van der Waals surface area contributed by atoms with Crippen LogP contribution in [0.2, 0.25) is 5.02 Å². The molecular weight excluding hydrogens is 294 g/mol. The molecule has 0 aliphatic carbocycles. The summed E-state index contributed by atoms with van der Waals surface area (Å²) in [5, 5.41) is 28.6. The first-order chi connectivity index (χ1) is 9.97. The molecule has 0 fully saturated rings. The summed E-state index contributed by atoms with van der Waals surface area (Å²) in [4.78, 5) is 15.3. The van der Waals surface area contributed by atoms with Crippen LogP contribution in [-0.4, -0.2) is 27.5 Å². The van der Waals surface area contributed by atoms with Gasteiger partial charge in [0.25, 0.3) is 0 Å². The van der Waals surface area contributed by atoms with Crippen molar-refractivity contribution >= 4 is 23.8 Å². The van der Waals surface area contributed by atoms with Crippen molar-refractivity contribution in [2.75, 3.05) is 0 Å². The van der Waals surface area contributed by atoms with Gasteiger partial charge in [-0.05, 0) is 29.8 Å². The lowest BCUT2D eigenvalue weighted by Gasteiger charge is -2.08. The molecule has 0 heterocycles. The molecule has 108 valence electrons. The Labute approximate surface area is 125 Å². The summed E-state index contributed by atoms with van der Waals surface area (Å²) in [6.45, 7) is 0. The minimum absolute atomic E-state index is 0.0860. The first-order valence-electron chi connectivity index (χ1n) is 6.01. The Bertz CT molecular complexity index is 683.